The van der Waals surface area contributed by atoms with Crippen LogP contribution in [0, 0.1) is 0 Å². The zero-order chi connectivity index (χ0) is 11.4. The van der Waals surface area contributed by atoms with Gasteiger partial charge in [0.05, 0.1) is 5.56 Å². The van der Waals surface area contributed by atoms with E-state index in [1.54, 1.807) is 30.3 Å². The first-order chi connectivity index (χ1) is 7.77. The van der Waals surface area contributed by atoms with Crippen LogP contribution in [0.25, 0.3) is 0 Å². The van der Waals surface area contributed by atoms with Gasteiger partial charge in [0, 0.05) is 5.69 Å². The number of phenols is 1. The van der Waals surface area contributed by atoms with Crippen molar-refractivity contribution >= 4 is 61.2 Å². The fourth-order valence-corrected chi connectivity index (χ4v) is 1.39. The third kappa shape index (κ3) is 6.35. The number of anilines is 1. The predicted molar refractivity (Wildman–Crippen MR) is 91.5 cm³/mol. The fourth-order valence-electron chi connectivity index (χ4n) is 1.39. The maximum absolute atomic E-state index is 11.8. The van der Waals surface area contributed by atoms with Gasteiger partial charge in [-0.15, -0.1) is 49.6 Å². The molecule has 20 heavy (non-hydrogen) atoms. The molecule has 1 amide bonds. The van der Waals surface area contributed by atoms with Crippen LogP contribution in [0.1, 0.15) is 10.4 Å². The average Bonchev–Trinajstić information content (AvgIpc) is 2.31. The molecule has 7 heteroatoms. The van der Waals surface area contributed by atoms with Gasteiger partial charge in [-0.25, -0.2) is 0 Å². The summed E-state index contributed by atoms with van der Waals surface area (Å²) in [6, 6.07) is 15.6. The molecule has 0 atom stereocenters. The van der Waals surface area contributed by atoms with E-state index in [2.05, 4.69) is 5.32 Å². The van der Waals surface area contributed by atoms with E-state index in [-0.39, 0.29) is 66.8 Å². The molecule has 2 N–H and O–H groups in total. The van der Waals surface area contributed by atoms with Gasteiger partial charge in [-0.2, -0.15) is 0 Å². The van der Waals surface area contributed by atoms with Gasteiger partial charge in [-0.3, -0.25) is 4.79 Å². The standard InChI is InChI=1S/C13H11NO2.4ClH/c15-12-9-5-4-8-11(12)13(16)14-10-6-2-1-3-7-10;;;;/h1-9,15H,(H,14,16);4*1H. The fraction of sp³-hybridized carbons (Fsp3) is 0. The Morgan fingerprint density at radius 1 is 0.800 bits per heavy atom. The molecule has 0 spiro atoms. The van der Waals surface area contributed by atoms with Gasteiger partial charge in [-0.05, 0) is 24.3 Å². The first-order valence-corrected chi connectivity index (χ1v) is 4.92. The molecule has 2 rings (SSSR count). The van der Waals surface area contributed by atoms with Crippen LogP contribution in [0.2, 0.25) is 0 Å². The summed E-state index contributed by atoms with van der Waals surface area (Å²) in [5, 5.41) is 12.2. The number of benzene rings is 2. The number of halogens is 4. The molecule has 0 saturated heterocycles. The van der Waals surface area contributed by atoms with Gasteiger partial charge in [0.2, 0.25) is 0 Å². The van der Waals surface area contributed by atoms with Crippen molar-refractivity contribution in [1.29, 1.82) is 0 Å². The van der Waals surface area contributed by atoms with Crippen LogP contribution in [-0.2, 0) is 0 Å². The average molecular weight is 359 g/mol. The normalized spacial score (nSPS) is 7.80. The van der Waals surface area contributed by atoms with Crippen LogP contribution >= 0.6 is 49.6 Å². The van der Waals surface area contributed by atoms with Crippen molar-refractivity contribution in [3.63, 3.8) is 0 Å². The van der Waals surface area contributed by atoms with Crippen molar-refractivity contribution in [2.24, 2.45) is 0 Å². The highest BCUT2D eigenvalue weighted by molar-refractivity contribution is 6.06. The summed E-state index contributed by atoms with van der Waals surface area (Å²) < 4.78 is 0. The van der Waals surface area contributed by atoms with Crippen molar-refractivity contribution in [3.05, 3.63) is 60.2 Å². The van der Waals surface area contributed by atoms with E-state index < -0.39 is 0 Å². The van der Waals surface area contributed by atoms with Crippen molar-refractivity contribution in [3.8, 4) is 5.75 Å². The zero-order valence-electron chi connectivity index (χ0n) is 10.2. The van der Waals surface area contributed by atoms with Gasteiger partial charge >= 0.3 is 0 Å². The number of aromatic hydroxyl groups is 1. The molecule has 0 heterocycles. The lowest BCUT2D eigenvalue weighted by Crippen LogP contribution is -2.11. The van der Waals surface area contributed by atoms with Gasteiger partial charge in [0.15, 0.2) is 0 Å². The van der Waals surface area contributed by atoms with E-state index in [9.17, 15) is 9.90 Å². The molecular formula is C13H15Cl4NO2. The van der Waals surface area contributed by atoms with Gasteiger partial charge < -0.3 is 10.4 Å². The molecule has 2 aromatic rings. The van der Waals surface area contributed by atoms with E-state index in [1.807, 2.05) is 18.2 Å². The number of hydrogen-bond acceptors (Lipinski definition) is 2. The third-order valence-electron chi connectivity index (χ3n) is 2.18. The maximum atomic E-state index is 11.8. The first-order valence-electron chi connectivity index (χ1n) is 4.92. The first kappa shape index (κ1) is 23.9. The molecule has 0 aliphatic rings. The lowest BCUT2D eigenvalue weighted by atomic mass is 10.2. The maximum Gasteiger partial charge on any atom is 0.259 e. The van der Waals surface area contributed by atoms with Crippen LogP contribution in [0.15, 0.2) is 54.6 Å². The van der Waals surface area contributed by atoms with E-state index in [0.717, 1.165) is 0 Å². The number of rotatable bonds is 2. The Balaban J connectivity index is -0.000000722. The van der Waals surface area contributed by atoms with Crippen LogP contribution in [-0.4, -0.2) is 11.0 Å². The second-order valence-corrected chi connectivity index (χ2v) is 3.34. The third-order valence-corrected chi connectivity index (χ3v) is 2.18. The Labute approximate surface area is 142 Å². The molecule has 0 radical (unpaired) electrons. The van der Waals surface area contributed by atoms with Crippen LogP contribution in [0.5, 0.6) is 5.75 Å². The Bertz CT molecular complexity index is 509. The number of para-hydroxylation sites is 2. The Morgan fingerprint density at radius 3 is 1.85 bits per heavy atom. The van der Waals surface area contributed by atoms with Gasteiger partial charge in [0.25, 0.3) is 5.91 Å². The second-order valence-electron chi connectivity index (χ2n) is 3.34. The molecular weight excluding hydrogens is 344 g/mol. The van der Waals surface area contributed by atoms with Crippen LogP contribution in [0.3, 0.4) is 0 Å². The smallest absolute Gasteiger partial charge is 0.259 e. The highest BCUT2D eigenvalue weighted by Gasteiger charge is 2.09. The summed E-state index contributed by atoms with van der Waals surface area (Å²) in [7, 11) is 0. The monoisotopic (exact) mass is 357 g/mol. The SMILES string of the molecule is Cl.Cl.Cl.Cl.O=C(Nc1ccccc1)c1ccccc1O. The summed E-state index contributed by atoms with van der Waals surface area (Å²) in [6.45, 7) is 0. The zero-order valence-corrected chi connectivity index (χ0v) is 13.5. The quantitative estimate of drug-likeness (QED) is 0.839. The number of phenolic OH excluding ortho intramolecular Hbond substituents is 1. The molecule has 0 unspecified atom stereocenters. The lowest BCUT2D eigenvalue weighted by molar-refractivity contribution is 0.102. The molecule has 0 saturated carbocycles. The number of carbonyl (C=O) groups is 1. The van der Waals surface area contributed by atoms with Crippen LogP contribution in [0.4, 0.5) is 5.69 Å². The summed E-state index contributed by atoms with van der Waals surface area (Å²) in [5.41, 5.74) is 0.974. The topological polar surface area (TPSA) is 49.3 Å². The second kappa shape index (κ2) is 11.7. The minimum atomic E-state index is -0.315. The van der Waals surface area contributed by atoms with Crippen molar-refractivity contribution in [1.82, 2.24) is 0 Å². The summed E-state index contributed by atoms with van der Waals surface area (Å²) in [6.07, 6.45) is 0. The Hall–Kier alpha value is -1.13. The molecule has 0 aliphatic carbocycles. The summed E-state index contributed by atoms with van der Waals surface area (Å²) >= 11 is 0. The van der Waals surface area contributed by atoms with Gasteiger partial charge in [-0.1, -0.05) is 30.3 Å². The lowest BCUT2D eigenvalue weighted by Gasteiger charge is -2.05. The molecule has 112 valence electrons. The summed E-state index contributed by atoms with van der Waals surface area (Å²) in [4.78, 5) is 11.8. The molecule has 0 bridgehead atoms. The molecule has 0 fully saturated rings. The van der Waals surface area contributed by atoms with E-state index >= 15 is 0 Å². The summed E-state index contributed by atoms with van der Waals surface area (Å²) in [5.74, 6) is -0.333. The van der Waals surface area contributed by atoms with Gasteiger partial charge in [0.1, 0.15) is 5.75 Å². The Kier molecular flexibility index (Phi) is 14.0. The highest BCUT2D eigenvalue weighted by Crippen LogP contribution is 2.17. The molecule has 0 aromatic heterocycles. The van der Waals surface area contributed by atoms with Crippen molar-refractivity contribution in [2.45, 2.75) is 0 Å². The predicted octanol–water partition coefficient (Wildman–Crippen LogP) is 4.33. The van der Waals surface area contributed by atoms with E-state index in [4.69, 9.17) is 0 Å². The van der Waals surface area contributed by atoms with E-state index in [1.165, 1.54) is 6.07 Å². The number of hydrogen-bond donors (Lipinski definition) is 2. The van der Waals surface area contributed by atoms with E-state index in [0.29, 0.717) is 5.69 Å². The van der Waals surface area contributed by atoms with Crippen molar-refractivity contribution in [2.75, 3.05) is 5.32 Å². The van der Waals surface area contributed by atoms with Crippen molar-refractivity contribution < 1.29 is 9.90 Å². The minimum Gasteiger partial charge on any atom is -0.507 e. The largest absolute Gasteiger partial charge is 0.507 e. The highest BCUT2D eigenvalue weighted by atomic mass is 35.5. The number of carbonyl (C=O) groups excluding carboxylic acids is 1. The molecule has 3 nitrogen and oxygen atoms in total. The number of nitrogens with one attached hydrogen (secondary N) is 1. The number of amides is 1. The molecule has 2 aromatic carbocycles. The minimum absolute atomic E-state index is 0. The van der Waals surface area contributed by atoms with Crippen LogP contribution < -0.4 is 5.32 Å². The Morgan fingerprint density at radius 2 is 1.30 bits per heavy atom. The molecule has 0 aliphatic heterocycles.